The minimum absolute atomic E-state index is 0.385. The van der Waals surface area contributed by atoms with E-state index >= 15 is 0 Å². The highest BCUT2D eigenvalue weighted by atomic mass is 79.9. The van der Waals surface area contributed by atoms with Gasteiger partial charge < -0.3 is 9.80 Å². The number of rotatable bonds is 4. The molecule has 2 aliphatic rings. The Morgan fingerprint density at radius 3 is 2.35 bits per heavy atom. The second-order valence-electron chi connectivity index (χ2n) is 6.36. The maximum atomic E-state index is 12.7. The molecule has 2 aliphatic heterocycles. The lowest BCUT2D eigenvalue weighted by molar-refractivity contribution is 0.384. The van der Waals surface area contributed by atoms with Crippen LogP contribution in [0.2, 0.25) is 0 Å². The number of hydrogen-bond acceptors (Lipinski definition) is 7. The maximum Gasteiger partial charge on any atom is 0.252 e. The van der Waals surface area contributed by atoms with Crippen molar-refractivity contribution in [2.75, 3.05) is 49.1 Å². The third-order valence-corrected chi connectivity index (χ3v) is 8.71. The Kier molecular flexibility index (Phi) is 5.18. The molecule has 0 N–H and O–H groups in total. The zero-order valence-corrected chi connectivity index (χ0v) is 17.4. The fourth-order valence-electron chi connectivity index (χ4n) is 3.31. The summed E-state index contributed by atoms with van der Waals surface area (Å²) in [7, 11) is -3.41. The first-order valence-corrected chi connectivity index (χ1v) is 11.7. The first-order valence-electron chi connectivity index (χ1n) is 8.62. The van der Waals surface area contributed by atoms with E-state index in [9.17, 15) is 8.42 Å². The average Bonchev–Trinajstić information content (AvgIpc) is 3.34. The van der Waals surface area contributed by atoms with E-state index in [0.717, 1.165) is 28.6 Å². The molecule has 2 aromatic heterocycles. The Bertz CT molecular complexity index is 874. The van der Waals surface area contributed by atoms with Crippen molar-refractivity contribution in [1.29, 1.82) is 0 Å². The molecular weight excluding hydrogens is 438 g/mol. The predicted molar refractivity (Wildman–Crippen MR) is 106 cm³/mol. The summed E-state index contributed by atoms with van der Waals surface area (Å²) in [5.41, 5.74) is 0. The number of hydrogen-bond donors (Lipinski definition) is 0. The Hall–Kier alpha value is -1.23. The molecule has 4 rings (SSSR count). The molecule has 10 heteroatoms. The summed E-state index contributed by atoms with van der Waals surface area (Å²) in [6.07, 6.45) is 4.16. The van der Waals surface area contributed by atoms with Gasteiger partial charge in [0.05, 0.1) is 3.79 Å². The maximum absolute atomic E-state index is 12.7. The molecule has 0 amide bonds. The molecule has 4 heterocycles. The summed E-state index contributed by atoms with van der Waals surface area (Å²) in [6.45, 7) is 4.18. The van der Waals surface area contributed by atoms with E-state index in [1.165, 1.54) is 24.2 Å². The van der Waals surface area contributed by atoms with E-state index in [0.29, 0.717) is 30.4 Å². The minimum Gasteiger partial charge on any atom is -0.354 e. The quantitative estimate of drug-likeness (QED) is 0.701. The van der Waals surface area contributed by atoms with Crippen LogP contribution in [0.3, 0.4) is 0 Å². The van der Waals surface area contributed by atoms with Crippen molar-refractivity contribution in [1.82, 2.24) is 14.3 Å². The lowest BCUT2D eigenvalue weighted by Gasteiger charge is -2.34. The molecule has 0 radical (unpaired) electrons. The smallest absolute Gasteiger partial charge is 0.252 e. The molecule has 0 atom stereocenters. The van der Waals surface area contributed by atoms with Crippen molar-refractivity contribution in [3.63, 3.8) is 0 Å². The van der Waals surface area contributed by atoms with Crippen LogP contribution in [0.25, 0.3) is 0 Å². The van der Waals surface area contributed by atoms with Gasteiger partial charge >= 0.3 is 0 Å². The SMILES string of the molecule is O=S(=O)(c1ccc(Br)s1)N1CCN(c2ccnc(N3CCCC3)n2)CC1. The summed E-state index contributed by atoms with van der Waals surface area (Å²) in [5.74, 6) is 1.65. The van der Waals surface area contributed by atoms with Gasteiger partial charge in [0.2, 0.25) is 5.95 Å². The van der Waals surface area contributed by atoms with Crippen LogP contribution in [0.4, 0.5) is 11.8 Å². The first kappa shape index (κ1) is 18.1. The number of piperazine rings is 1. The van der Waals surface area contributed by atoms with Crippen molar-refractivity contribution < 1.29 is 8.42 Å². The average molecular weight is 458 g/mol. The molecular formula is C16H20BrN5O2S2. The van der Waals surface area contributed by atoms with Crippen LogP contribution in [-0.2, 0) is 10.0 Å². The number of nitrogens with zero attached hydrogens (tertiary/aromatic N) is 5. The van der Waals surface area contributed by atoms with Crippen LogP contribution in [0.1, 0.15) is 12.8 Å². The monoisotopic (exact) mass is 457 g/mol. The third-order valence-electron chi connectivity index (χ3n) is 4.72. The standard InChI is InChI=1S/C16H20BrN5O2S2/c17-13-3-4-15(25-13)26(23,24)22-11-9-20(10-12-22)14-5-6-18-16(19-14)21-7-1-2-8-21/h3-6H,1-2,7-12H2. The van der Waals surface area contributed by atoms with Crippen LogP contribution in [-0.4, -0.2) is 62.0 Å². The predicted octanol–water partition coefficient (Wildman–Crippen LogP) is 2.41. The second-order valence-corrected chi connectivity index (χ2v) is 11.0. The highest BCUT2D eigenvalue weighted by Crippen LogP contribution is 2.29. The summed E-state index contributed by atoms with van der Waals surface area (Å²) in [6, 6.07) is 5.33. The summed E-state index contributed by atoms with van der Waals surface area (Å²) in [5, 5.41) is 0. The summed E-state index contributed by atoms with van der Waals surface area (Å²) < 4.78 is 28.2. The van der Waals surface area contributed by atoms with Gasteiger partial charge in [0.15, 0.2) is 0 Å². The number of thiophene rings is 1. The van der Waals surface area contributed by atoms with Gasteiger partial charge in [-0.2, -0.15) is 9.29 Å². The van der Waals surface area contributed by atoms with Crippen LogP contribution in [0.15, 0.2) is 32.4 Å². The first-order chi connectivity index (χ1) is 12.5. The van der Waals surface area contributed by atoms with Gasteiger partial charge in [-0.1, -0.05) is 0 Å². The molecule has 0 aliphatic carbocycles. The summed E-state index contributed by atoms with van der Waals surface area (Å²) >= 11 is 4.58. The van der Waals surface area contributed by atoms with Gasteiger partial charge in [0, 0.05) is 45.5 Å². The fraction of sp³-hybridized carbons (Fsp3) is 0.500. The van der Waals surface area contributed by atoms with E-state index in [2.05, 4.69) is 30.7 Å². The Labute approximate surface area is 165 Å². The van der Waals surface area contributed by atoms with Crippen molar-refractivity contribution in [3.05, 3.63) is 28.2 Å². The number of aromatic nitrogens is 2. The molecule has 0 unspecified atom stereocenters. The van der Waals surface area contributed by atoms with Crippen molar-refractivity contribution >= 4 is 49.1 Å². The highest BCUT2D eigenvalue weighted by Gasteiger charge is 2.30. The molecule has 0 spiro atoms. The molecule has 2 saturated heterocycles. The van der Waals surface area contributed by atoms with Crippen LogP contribution >= 0.6 is 27.3 Å². The molecule has 26 heavy (non-hydrogen) atoms. The van der Waals surface area contributed by atoms with Crippen LogP contribution in [0.5, 0.6) is 0 Å². The molecule has 0 bridgehead atoms. The summed E-state index contributed by atoms with van der Waals surface area (Å²) in [4.78, 5) is 13.4. The number of sulfonamides is 1. The fourth-order valence-corrected chi connectivity index (χ4v) is 6.89. The lowest BCUT2D eigenvalue weighted by Crippen LogP contribution is -2.48. The van der Waals surface area contributed by atoms with Crippen LogP contribution in [0, 0.1) is 0 Å². The lowest BCUT2D eigenvalue weighted by atomic mass is 10.3. The normalized spacial score (nSPS) is 19.3. The number of halogens is 1. The van der Waals surface area contributed by atoms with Gasteiger partial charge in [-0.25, -0.2) is 13.4 Å². The molecule has 2 aromatic rings. The highest BCUT2D eigenvalue weighted by molar-refractivity contribution is 9.11. The van der Waals surface area contributed by atoms with E-state index in [4.69, 9.17) is 4.98 Å². The minimum atomic E-state index is -3.41. The van der Waals surface area contributed by atoms with E-state index in [1.807, 2.05) is 6.07 Å². The van der Waals surface area contributed by atoms with Crippen LogP contribution < -0.4 is 9.80 Å². The molecule has 140 valence electrons. The molecule has 2 fully saturated rings. The zero-order chi connectivity index (χ0) is 18.1. The Morgan fingerprint density at radius 1 is 0.962 bits per heavy atom. The number of anilines is 2. The van der Waals surface area contributed by atoms with Gasteiger partial charge in [-0.3, -0.25) is 0 Å². The molecule has 0 saturated carbocycles. The van der Waals surface area contributed by atoms with Gasteiger partial charge in [-0.05, 0) is 47.0 Å². The van der Waals surface area contributed by atoms with Crippen molar-refractivity contribution in [2.24, 2.45) is 0 Å². The van der Waals surface area contributed by atoms with Gasteiger partial charge in [0.1, 0.15) is 10.0 Å². The Balaban J connectivity index is 1.44. The van der Waals surface area contributed by atoms with Crippen molar-refractivity contribution in [3.8, 4) is 0 Å². The zero-order valence-electron chi connectivity index (χ0n) is 14.2. The topological polar surface area (TPSA) is 69.6 Å². The second kappa shape index (κ2) is 7.41. The van der Waals surface area contributed by atoms with Gasteiger partial charge in [0.25, 0.3) is 10.0 Å². The van der Waals surface area contributed by atoms with E-state index in [-0.39, 0.29) is 0 Å². The molecule has 0 aromatic carbocycles. The third kappa shape index (κ3) is 3.60. The Morgan fingerprint density at radius 2 is 1.69 bits per heavy atom. The van der Waals surface area contributed by atoms with Gasteiger partial charge in [-0.15, -0.1) is 11.3 Å². The largest absolute Gasteiger partial charge is 0.354 e. The molecule has 7 nitrogen and oxygen atoms in total. The van der Waals surface area contributed by atoms with E-state index in [1.54, 1.807) is 22.6 Å². The van der Waals surface area contributed by atoms with Crippen molar-refractivity contribution in [2.45, 2.75) is 17.1 Å². The van der Waals surface area contributed by atoms with E-state index < -0.39 is 10.0 Å².